The molecule has 5 nitrogen and oxygen atoms in total. The van der Waals surface area contributed by atoms with Gasteiger partial charge in [-0.25, -0.2) is 0 Å². The van der Waals surface area contributed by atoms with E-state index in [4.69, 9.17) is 16.0 Å². The fraction of sp³-hybridized carbons (Fsp3) is 0.333. The zero-order chi connectivity index (χ0) is 17.5. The molecule has 0 aliphatic carbocycles. The normalized spacial score (nSPS) is 15.2. The van der Waals surface area contributed by atoms with Crippen LogP contribution in [0, 0.1) is 0 Å². The summed E-state index contributed by atoms with van der Waals surface area (Å²) in [6.45, 7) is 6.36. The van der Waals surface area contributed by atoms with Crippen LogP contribution in [0.4, 0.5) is 5.69 Å². The number of benzene rings is 1. The minimum absolute atomic E-state index is 0.149. The molecule has 3 rings (SSSR count). The van der Waals surface area contributed by atoms with Crippen molar-refractivity contribution in [2.24, 2.45) is 0 Å². The van der Waals surface area contributed by atoms with Gasteiger partial charge in [-0.2, -0.15) is 0 Å². The van der Waals surface area contributed by atoms with Crippen molar-refractivity contribution in [2.75, 3.05) is 11.4 Å². The van der Waals surface area contributed by atoms with Gasteiger partial charge in [0.1, 0.15) is 5.76 Å². The highest BCUT2D eigenvalue weighted by Gasteiger charge is 2.40. The number of hydrogen-bond donors (Lipinski definition) is 1. The Hall–Kier alpha value is -2.27. The maximum atomic E-state index is 12.9. The predicted octanol–water partition coefficient (Wildman–Crippen LogP) is 3.51. The number of furan rings is 1. The van der Waals surface area contributed by atoms with Gasteiger partial charge in [0.05, 0.1) is 6.54 Å². The van der Waals surface area contributed by atoms with Crippen LogP contribution in [0.5, 0.6) is 0 Å². The number of carbonyl (C=O) groups is 2. The van der Waals surface area contributed by atoms with E-state index in [0.29, 0.717) is 17.3 Å². The molecule has 0 saturated carbocycles. The van der Waals surface area contributed by atoms with Crippen molar-refractivity contribution in [2.45, 2.75) is 32.7 Å². The van der Waals surface area contributed by atoms with E-state index in [-0.39, 0.29) is 29.5 Å². The van der Waals surface area contributed by atoms with Crippen molar-refractivity contribution in [1.82, 2.24) is 5.32 Å². The zero-order valence-electron chi connectivity index (χ0n) is 13.9. The molecule has 2 heterocycles. The topological polar surface area (TPSA) is 62.6 Å². The lowest BCUT2D eigenvalue weighted by molar-refractivity contribution is -0.119. The van der Waals surface area contributed by atoms with Crippen molar-refractivity contribution in [3.05, 3.63) is 52.4 Å². The first-order valence-corrected chi connectivity index (χ1v) is 8.11. The maximum absolute atomic E-state index is 12.9. The molecule has 2 amide bonds. The van der Waals surface area contributed by atoms with Gasteiger partial charge in [-0.05, 0) is 24.3 Å². The molecule has 0 unspecified atom stereocenters. The van der Waals surface area contributed by atoms with Crippen LogP contribution in [0.2, 0.25) is 5.02 Å². The van der Waals surface area contributed by atoms with E-state index in [1.54, 1.807) is 17.0 Å². The Balaban J connectivity index is 1.87. The van der Waals surface area contributed by atoms with E-state index < -0.39 is 0 Å². The molecule has 0 atom stereocenters. The number of nitrogens with zero attached hydrogens (tertiary/aromatic N) is 1. The number of halogens is 1. The highest BCUT2D eigenvalue weighted by Crippen LogP contribution is 2.44. The Morgan fingerprint density at radius 3 is 2.75 bits per heavy atom. The highest BCUT2D eigenvalue weighted by atomic mass is 35.5. The van der Waals surface area contributed by atoms with Gasteiger partial charge in [0.2, 0.25) is 5.91 Å². The largest absolute Gasteiger partial charge is 0.454 e. The Morgan fingerprint density at radius 2 is 2.04 bits per heavy atom. The molecule has 1 N–H and O–H groups in total. The fourth-order valence-electron chi connectivity index (χ4n) is 3.08. The molecule has 1 aromatic heterocycles. The zero-order valence-corrected chi connectivity index (χ0v) is 14.6. The summed E-state index contributed by atoms with van der Waals surface area (Å²) in [7, 11) is 0. The summed E-state index contributed by atoms with van der Waals surface area (Å²) in [5.74, 6) is 0.430. The first-order valence-electron chi connectivity index (χ1n) is 7.73. The molecule has 0 radical (unpaired) electrons. The predicted molar refractivity (Wildman–Crippen MR) is 92.4 cm³/mol. The van der Waals surface area contributed by atoms with E-state index >= 15 is 0 Å². The number of rotatable bonds is 3. The molecule has 1 aliphatic rings. The van der Waals surface area contributed by atoms with Gasteiger partial charge in [0.25, 0.3) is 5.91 Å². The Kier molecular flexibility index (Phi) is 4.13. The van der Waals surface area contributed by atoms with E-state index in [0.717, 1.165) is 11.3 Å². The van der Waals surface area contributed by atoms with Gasteiger partial charge in [0, 0.05) is 35.2 Å². The first kappa shape index (κ1) is 16.6. The van der Waals surface area contributed by atoms with Gasteiger partial charge in [0.15, 0.2) is 5.76 Å². The summed E-state index contributed by atoms with van der Waals surface area (Å²) >= 11 is 6.34. The number of amides is 2. The third-order valence-corrected chi connectivity index (χ3v) is 4.46. The smallest absolute Gasteiger partial charge is 0.294 e. The van der Waals surface area contributed by atoms with Crippen molar-refractivity contribution in [1.29, 1.82) is 0 Å². The molecule has 1 aliphatic heterocycles. The van der Waals surface area contributed by atoms with Crippen LogP contribution < -0.4 is 10.2 Å². The number of carbonyl (C=O) groups excluding carboxylic acids is 2. The molecule has 0 bridgehead atoms. The lowest BCUT2D eigenvalue weighted by Crippen LogP contribution is -2.33. The summed E-state index contributed by atoms with van der Waals surface area (Å²) in [5, 5.41) is 3.31. The fourth-order valence-corrected chi connectivity index (χ4v) is 3.51. The highest BCUT2D eigenvalue weighted by molar-refractivity contribution is 6.32. The number of fused-ring (bicyclic) bond motifs is 1. The molecule has 2 aromatic rings. The molecule has 1 aromatic carbocycles. The lowest BCUT2D eigenvalue weighted by atomic mass is 9.87. The SMILES string of the molecule is CC(=O)NCc1ccc(C(=O)N2CC(C)(C)c3c(Cl)cccc32)o1. The summed E-state index contributed by atoms with van der Waals surface area (Å²) in [4.78, 5) is 25.5. The summed E-state index contributed by atoms with van der Waals surface area (Å²) in [6, 6.07) is 8.91. The summed E-state index contributed by atoms with van der Waals surface area (Å²) in [5.41, 5.74) is 1.57. The van der Waals surface area contributed by atoms with Gasteiger partial charge >= 0.3 is 0 Å². The van der Waals surface area contributed by atoms with Crippen LogP contribution in [-0.4, -0.2) is 18.4 Å². The van der Waals surface area contributed by atoms with Gasteiger partial charge in [-0.15, -0.1) is 0 Å². The third-order valence-electron chi connectivity index (χ3n) is 4.14. The second-order valence-corrected chi connectivity index (χ2v) is 6.99. The molecular weight excluding hydrogens is 328 g/mol. The molecule has 126 valence electrons. The molecule has 6 heteroatoms. The van der Waals surface area contributed by atoms with Crippen LogP contribution in [0.1, 0.15) is 42.6 Å². The monoisotopic (exact) mass is 346 g/mol. The molecule has 24 heavy (non-hydrogen) atoms. The van der Waals surface area contributed by atoms with Gasteiger partial charge in [-0.3, -0.25) is 9.59 Å². The van der Waals surface area contributed by atoms with Crippen LogP contribution in [0.15, 0.2) is 34.7 Å². The van der Waals surface area contributed by atoms with Gasteiger partial charge in [-0.1, -0.05) is 31.5 Å². The average Bonchev–Trinajstić information content (AvgIpc) is 3.08. The number of hydrogen-bond acceptors (Lipinski definition) is 3. The van der Waals surface area contributed by atoms with Crippen LogP contribution in [0.25, 0.3) is 0 Å². The molecule has 0 spiro atoms. The van der Waals surface area contributed by atoms with Crippen molar-refractivity contribution in [3.8, 4) is 0 Å². The molecular formula is C18H19ClN2O3. The third kappa shape index (κ3) is 2.91. The van der Waals surface area contributed by atoms with Crippen molar-refractivity contribution >= 4 is 29.1 Å². The van der Waals surface area contributed by atoms with Gasteiger partial charge < -0.3 is 14.6 Å². The number of anilines is 1. The minimum atomic E-state index is -0.227. The average molecular weight is 347 g/mol. The second-order valence-electron chi connectivity index (χ2n) is 6.58. The van der Waals surface area contributed by atoms with E-state index in [2.05, 4.69) is 19.2 Å². The Labute approximate surface area is 145 Å². The standard InChI is InChI=1S/C18H19ClN2O3/c1-11(22)20-9-12-7-8-15(24-12)17(23)21-10-18(2,3)16-13(19)5-4-6-14(16)21/h4-8H,9-10H2,1-3H3,(H,20,22). The molecule has 0 saturated heterocycles. The lowest BCUT2D eigenvalue weighted by Gasteiger charge is -2.20. The molecule has 0 fully saturated rings. The van der Waals surface area contributed by atoms with E-state index in [9.17, 15) is 9.59 Å². The Morgan fingerprint density at radius 1 is 1.29 bits per heavy atom. The Bertz CT molecular complexity index is 810. The maximum Gasteiger partial charge on any atom is 0.294 e. The summed E-state index contributed by atoms with van der Waals surface area (Å²) < 4.78 is 5.58. The van der Waals surface area contributed by atoms with Crippen LogP contribution >= 0.6 is 11.6 Å². The quantitative estimate of drug-likeness (QED) is 0.925. The van der Waals surface area contributed by atoms with Crippen LogP contribution in [-0.2, 0) is 16.8 Å². The first-order chi connectivity index (χ1) is 11.3. The van der Waals surface area contributed by atoms with Crippen molar-refractivity contribution < 1.29 is 14.0 Å². The summed E-state index contributed by atoms with van der Waals surface area (Å²) in [6.07, 6.45) is 0. The van der Waals surface area contributed by atoms with E-state index in [1.807, 2.05) is 18.2 Å². The van der Waals surface area contributed by atoms with Crippen LogP contribution in [0.3, 0.4) is 0 Å². The minimum Gasteiger partial charge on any atom is -0.454 e. The van der Waals surface area contributed by atoms with Crippen molar-refractivity contribution in [3.63, 3.8) is 0 Å². The van der Waals surface area contributed by atoms with E-state index in [1.165, 1.54) is 6.92 Å². The number of nitrogens with one attached hydrogen (secondary N) is 1. The second kappa shape index (κ2) is 5.98.